The predicted octanol–water partition coefficient (Wildman–Crippen LogP) is 2.93. The Hall–Kier alpha value is -2.69. The molecule has 0 saturated carbocycles. The molecular weight excluding hydrogens is 307 g/mol. The summed E-state index contributed by atoms with van der Waals surface area (Å²) in [6.45, 7) is 1.22. The number of halogens is 1. The fourth-order valence-corrected chi connectivity index (χ4v) is 2.79. The van der Waals surface area contributed by atoms with Crippen molar-refractivity contribution < 1.29 is 14.0 Å². The third kappa shape index (κ3) is 3.79. The van der Waals surface area contributed by atoms with Crippen LogP contribution in [0.15, 0.2) is 48.5 Å². The Morgan fingerprint density at radius 2 is 1.79 bits per heavy atom. The summed E-state index contributed by atoms with van der Waals surface area (Å²) in [7, 11) is 0. The van der Waals surface area contributed by atoms with Gasteiger partial charge < -0.3 is 10.2 Å². The first-order valence-corrected chi connectivity index (χ1v) is 8.06. The van der Waals surface area contributed by atoms with Crippen LogP contribution in [0.4, 0.5) is 10.1 Å². The zero-order valence-electron chi connectivity index (χ0n) is 13.3. The molecule has 3 rings (SSSR count). The Morgan fingerprint density at radius 1 is 1.08 bits per heavy atom. The maximum absolute atomic E-state index is 12.8. The van der Waals surface area contributed by atoms with Crippen LogP contribution in [0.2, 0.25) is 0 Å². The second-order valence-corrected chi connectivity index (χ2v) is 5.83. The number of amides is 2. The van der Waals surface area contributed by atoms with E-state index in [4.69, 9.17) is 0 Å². The van der Waals surface area contributed by atoms with E-state index in [1.54, 1.807) is 41.3 Å². The van der Waals surface area contributed by atoms with Crippen LogP contribution >= 0.6 is 0 Å². The van der Waals surface area contributed by atoms with Crippen molar-refractivity contribution in [2.24, 2.45) is 0 Å². The summed E-state index contributed by atoms with van der Waals surface area (Å²) in [4.78, 5) is 25.6. The second-order valence-electron chi connectivity index (χ2n) is 5.83. The molecule has 1 saturated heterocycles. The maximum Gasteiger partial charge on any atom is 0.251 e. The highest BCUT2D eigenvalue weighted by Gasteiger charge is 2.21. The topological polar surface area (TPSA) is 49.4 Å². The fraction of sp³-hybridized carbons (Fsp3) is 0.263. The highest BCUT2D eigenvalue weighted by molar-refractivity contribution is 5.97. The van der Waals surface area contributed by atoms with Crippen molar-refractivity contribution in [3.05, 3.63) is 65.5 Å². The summed E-state index contributed by atoms with van der Waals surface area (Å²) in [5.74, 6) is -0.290. The third-order valence-electron chi connectivity index (χ3n) is 4.13. The van der Waals surface area contributed by atoms with E-state index >= 15 is 0 Å². The van der Waals surface area contributed by atoms with Crippen LogP contribution in [0.1, 0.15) is 28.8 Å². The number of anilines is 1. The molecule has 0 aliphatic carbocycles. The van der Waals surface area contributed by atoms with E-state index in [-0.39, 0.29) is 17.6 Å². The highest BCUT2D eigenvalue weighted by atomic mass is 19.1. The smallest absolute Gasteiger partial charge is 0.251 e. The lowest BCUT2D eigenvalue weighted by Gasteiger charge is -2.15. The number of hydrogen-bond donors (Lipinski definition) is 1. The molecule has 124 valence electrons. The number of rotatable bonds is 5. The van der Waals surface area contributed by atoms with Crippen molar-refractivity contribution in [3.63, 3.8) is 0 Å². The Kier molecular flexibility index (Phi) is 4.89. The molecule has 0 atom stereocenters. The van der Waals surface area contributed by atoms with Crippen molar-refractivity contribution in [2.45, 2.75) is 19.3 Å². The van der Waals surface area contributed by atoms with Gasteiger partial charge in [0.2, 0.25) is 5.91 Å². The predicted molar refractivity (Wildman–Crippen MR) is 90.5 cm³/mol. The maximum atomic E-state index is 12.8. The number of nitrogens with zero attached hydrogens (tertiary/aromatic N) is 1. The summed E-state index contributed by atoms with van der Waals surface area (Å²) < 4.78 is 12.8. The fourth-order valence-electron chi connectivity index (χ4n) is 2.79. The molecule has 2 aromatic carbocycles. The molecule has 2 amide bonds. The van der Waals surface area contributed by atoms with Crippen LogP contribution in [0.25, 0.3) is 0 Å². The van der Waals surface area contributed by atoms with Gasteiger partial charge in [-0.2, -0.15) is 0 Å². The van der Waals surface area contributed by atoms with Gasteiger partial charge in [-0.15, -0.1) is 0 Å². The molecule has 1 heterocycles. The molecule has 0 aromatic heterocycles. The van der Waals surface area contributed by atoms with E-state index in [1.165, 1.54) is 12.1 Å². The number of carbonyl (C=O) groups is 2. The van der Waals surface area contributed by atoms with E-state index in [0.717, 1.165) is 24.2 Å². The van der Waals surface area contributed by atoms with Gasteiger partial charge in [-0.05, 0) is 54.8 Å². The van der Waals surface area contributed by atoms with E-state index in [1.807, 2.05) is 0 Å². The molecule has 1 aliphatic heterocycles. The molecule has 0 spiro atoms. The SMILES string of the molecule is O=C(NCCc1ccc(F)cc1)c1ccc(N2CCCC2=O)cc1. The largest absolute Gasteiger partial charge is 0.352 e. The van der Waals surface area contributed by atoms with Crippen LogP contribution in [0.3, 0.4) is 0 Å². The van der Waals surface area contributed by atoms with Crippen LogP contribution in [-0.2, 0) is 11.2 Å². The highest BCUT2D eigenvalue weighted by Crippen LogP contribution is 2.21. The number of nitrogens with one attached hydrogen (secondary N) is 1. The van der Waals surface area contributed by atoms with Crippen molar-refractivity contribution in [1.29, 1.82) is 0 Å². The lowest BCUT2D eigenvalue weighted by atomic mass is 10.1. The Morgan fingerprint density at radius 3 is 2.42 bits per heavy atom. The van der Waals surface area contributed by atoms with Gasteiger partial charge in [-0.25, -0.2) is 4.39 Å². The van der Waals surface area contributed by atoms with Crippen LogP contribution in [0.5, 0.6) is 0 Å². The molecule has 24 heavy (non-hydrogen) atoms. The monoisotopic (exact) mass is 326 g/mol. The molecule has 5 heteroatoms. The first kappa shape index (κ1) is 16.2. The minimum atomic E-state index is -0.264. The van der Waals surface area contributed by atoms with Crippen molar-refractivity contribution in [3.8, 4) is 0 Å². The molecule has 0 unspecified atom stereocenters. The summed E-state index contributed by atoms with van der Waals surface area (Å²) in [5.41, 5.74) is 2.37. The normalized spacial score (nSPS) is 14.0. The molecule has 4 nitrogen and oxygen atoms in total. The number of benzene rings is 2. The second kappa shape index (κ2) is 7.25. The van der Waals surface area contributed by atoms with E-state index < -0.39 is 0 Å². The molecule has 1 aliphatic rings. The molecule has 1 N–H and O–H groups in total. The summed E-state index contributed by atoms with van der Waals surface area (Å²) in [6, 6.07) is 13.3. The van der Waals surface area contributed by atoms with Crippen molar-refractivity contribution in [1.82, 2.24) is 5.32 Å². The lowest BCUT2D eigenvalue weighted by Crippen LogP contribution is -2.26. The standard InChI is InChI=1S/C19H19FN2O2/c20-16-7-3-14(4-8-16)11-12-21-19(24)15-5-9-17(10-6-15)22-13-1-2-18(22)23/h3-10H,1-2,11-13H2,(H,21,24). The van der Waals surface area contributed by atoms with Gasteiger partial charge in [0.1, 0.15) is 5.82 Å². The summed E-state index contributed by atoms with van der Waals surface area (Å²) in [6.07, 6.45) is 2.11. The molecule has 1 fully saturated rings. The van der Waals surface area contributed by atoms with Crippen LogP contribution in [0, 0.1) is 5.82 Å². The molecular formula is C19H19FN2O2. The Bertz CT molecular complexity index is 726. The molecule has 0 radical (unpaired) electrons. The summed E-state index contributed by atoms with van der Waals surface area (Å²) >= 11 is 0. The van der Waals surface area contributed by atoms with Gasteiger partial charge in [0.15, 0.2) is 0 Å². The van der Waals surface area contributed by atoms with E-state index in [9.17, 15) is 14.0 Å². The minimum Gasteiger partial charge on any atom is -0.352 e. The van der Waals surface area contributed by atoms with Crippen LogP contribution in [-0.4, -0.2) is 24.9 Å². The third-order valence-corrected chi connectivity index (χ3v) is 4.13. The lowest BCUT2D eigenvalue weighted by molar-refractivity contribution is -0.117. The first-order chi connectivity index (χ1) is 11.6. The van der Waals surface area contributed by atoms with Gasteiger partial charge in [-0.1, -0.05) is 12.1 Å². The van der Waals surface area contributed by atoms with Gasteiger partial charge in [-0.3, -0.25) is 9.59 Å². The molecule has 2 aromatic rings. The number of hydrogen-bond acceptors (Lipinski definition) is 2. The Balaban J connectivity index is 1.53. The zero-order valence-corrected chi connectivity index (χ0v) is 13.3. The van der Waals surface area contributed by atoms with Crippen molar-refractivity contribution >= 4 is 17.5 Å². The average molecular weight is 326 g/mol. The van der Waals surface area contributed by atoms with Gasteiger partial charge in [0, 0.05) is 30.8 Å². The van der Waals surface area contributed by atoms with E-state index in [2.05, 4.69) is 5.32 Å². The molecule has 0 bridgehead atoms. The minimum absolute atomic E-state index is 0.131. The quantitative estimate of drug-likeness (QED) is 0.918. The van der Waals surface area contributed by atoms with E-state index in [0.29, 0.717) is 24.9 Å². The average Bonchev–Trinajstić information content (AvgIpc) is 3.03. The Labute approximate surface area is 140 Å². The first-order valence-electron chi connectivity index (χ1n) is 8.06. The van der Waals surface area contributed by atoms with Gasteiger partial charge in [0.25, 0.3) is 5.91 Å². The summed E-state index contributed by atoms with van der Waals surface area (Å²) in [5, 5.41) is 2.85. The zero-order chi connectivity index (χ0) is 16.9. The van der Waals surface area contributed by atoms with Gasteiger partial charge >= 0.3 is 0 Å². The number of carbonyl (C=O) groups excluding carboxylic acids is 2. The van der Waals surface area contributed by atoms with Crippen molar-refractivity contribution in [2.75, 3.05) is 18.0 Å². The van der Waals surface area contributed by atoms with Crippen LogP contribution < -0.4 is 10.2 Å². The van der Waals surface area contributed by atoms with Gasteiger partial charge in [0.05, 0.1) is 0 Å².